The number of aliphatic imine (C=N–C) groups is 2. The Labute approximate surface area is 96.9 Å². The predicted octanol–water partition coefficient (Wildman–Crippen LogP) is 2.63. The van der Waals surface area contributed by atoms with E-state index in [4.69, 9.17) is 0 Å². The van der Waals surface area contributed by atoms with Crippen molar-refractivity contribution >= 4 is 12.2 Å². The molecule has 0 amide bonds. The Morgan fingerprint density at radius 1 is 1.00 bits per heavy atom. The second kappa shape index (κ2) is 11.8. The average Bonchev–Trinajstić information content (AvgIpc) is 2.31. The van der Waals surface area contributed by atoms with Gasteiger partial charge < -0.3 is 0 Å². The number of hydrogen-bond donors (Lipinski definition) is 0. The van der Waals surface area contributed by atoms with E-state index < -0.39 is 0 Å². The van der Waals surface area contributed by atoms with E-state index in [1.807, 2.05) is 0 Å². The number of isocyanates is 2. The SMILES string of the molecule is CCCCCC(CCCN=C=O)CN=C=O. The van der Waals surface area contributed by atoms with E-state index in [0.29, 0.717) is 19.0 Å². The first-order chi connectivity index (χ1) is 7.85. The number of nitrogens with zero attached hydrogens (tertiary/aromatic N) is 2. The summed E-state index contributed by atoms with van der Waals surface area (Å²) in [6, 6.07) is 0. The molecule has 0 aliphatic carbocycles. The van der Waals surface area contributed by atoms with Crippen LogP contribution < -0.4 is 0 Å². The van der Waals surface area contributed by atoms with Crippen LogP contribution in [0.4, 0.5) is 0 Å². The standard InChI is InChI=1S/C12H20N2O2/c1-2-3-4-6-12(9-14-11-16)7-5-8-13-10-15/h12H,2-9H2,1H3. The molecule has 1 atom stereocenters. The summed E-state index contributed by atoms with van der Waals surface area (Å²) < 4.78 is 0. The monoisotopic (exact) mass is 224 g/mol. The minimum Gasteiger partial charge on any atom is -0.211 e. The van der Waals surface area contributed by atoms with E-state index in [2.05, 4.69) is 16.9 Å². The minimum absolute atomic E-state index is 0.426. The van der Waals surface area contributed by atoms with Gasteiger partial charge in [-0.15, -0.1) is 0 Å². The van der Waals surface area contributed by atoms with Crippen molar-refractivity contribution in [1.82, 2.24) is 0 Å². The number of hydrogen-bond acceptors (Lipinski definition) is 4. The van der Waals surface area contributed by atoms with E-state index in [1.165, 1.54) is 25.3 Å². The molecule has 0 aromatic heterocycles. The summed E-state index contributed by atoms with van der Waals surface area (Å²) in [6.45, 7) is 3.24. The predicted molar refractivity (Wildman–Crippen MR) is 62.8 cm³/mol. The van der Waals surface area contributed by atoms with Crippen LogP contribution in [0.25, 0.3) is 0 Å². The summed E-state index contributed by atoms with van der Waals surface area (Å²) in [5.74, 6) is 0.426. The Kier molecular flexibility index (Phi) is 10.9. The van der Waals surface area contributed by atoms with Crippen molar-refractivity contribution < 1.29 is 9.59 Å². The van der Waals surface area contributed by atoms with Gasteiger partial charge in [0.15, 0.2) is 0 Å². The van der Waals surface area contributed by atoms with E-state index in [0.717, 1.165) is 19.3 Å². The molecule has 0 bridgehead atoms. The Hall–Kier alpha value is -1.24. The van der Waals surface area contributed by atoms with Gasteiger partial charge in [0, 0.05) is 0 Å². The fourth-order valence-electron chi connectivity index (χ4n) is 1.68. The first-order valence-corrected chi connectivity index (χ1v) is 5.92. The lowest BCUT2D eigenvalue weighted by Gasteiger charge is -2.12. The van der Waals surface area contributed by atoms with Crippen LogP contribution in [0.2, 0.25) is 0 Å². The number of carbonyl (C=O) groups excluding carboxylic acids is 2. The van der Waals surface area contributed by atoms with Gasteiger partial charge in [0.25, 0.3) is 0 Å². The van der Waals surface area contributed by atoms with Gasteiger partial charge >= 0.3 is 0 Å². The summed E-state index contributed by atoms with van der Waals surface area (Å²) in [7, 11) is 0. The van der Waals surface area contributed by atoms with E-state index >= 15 is 0 Å². The molecule has 0 heterocycles. The molecule has 0 fully saturated rings. The third-order valence-electron chi connectivity index (χ3n) is 2.58. The molecule has 90 valence electrons. The molecule has 0 N–H and O–H groups in total. The highest BCUT2D eigenvalue weighted by Gasteiger charge is 2.07. The fourth-order valence-corrected chi connectivity index (χ4v) is 1.68. The molecule has 4 heteroatoms. The summed E-state index contributed by atoms with van der Waals surface area (Å²) in [4.78, 5) is 27.1. The molecular weight excluding hydrogens is 204 g/mol. The van der Waals surface area contributed by atoms with Crippen LogP contribution in [0.3, 0.4) is 0 Å². The van der Waals surface area contributed by atoms with Crippen molar-refractivity contribution in [1.29, 1.82) is 0 Å². The highest BCUT2D eigenvalue weighted by Crippen LogP contribution is 2.16. The zero-order valence-electron chi connectivity index (χ0n) is 9.95. The van der Waals surface area contributed by atoms with E-state index in [1.54, 1.807) is 6.08 Å². The second-order valence-corrected chi connectivity index (χ2v) is 3.91. The summed E-state index contributed by atoms with van der Waals surface area (Å²) in [6.07, 6.45) is 9.60. The van der Waals surface area contributed by atoms with Crippen molar-refractivity contribution in [2.75, 3.05) is 13.1 Å². The molecule has 0 aliphatic rings. The van der Waals surface area contributed by atoms with Crippen LogP contribution >= 0.6 is 0 Å². The number of unbranched alkanes of at least 4 members (excludes halogenated alkanes) is 2. The van der Waals surface area contributed by atoms with Crippen molar-refractivity contribution in [3.05, 3.63) is 0 Å². The van der Waals surface area contributed by atoms with Gasteiger partial charge in [-0.05, 0) is 25.2 Å². The van der Waals surface area contributed by atoms with Crippen LogP contribution in [0, 0.1) is 5.92 Å². The Morgan fingerprint density at radius 2 is 1.69 bits per heavy atom. The van der Waals surface area contributed by atoms with Gasteiger partial charge in [-0.3, -0.25) is 0 Å². The van der Waals surface area contributed by atoms with Gasteiger partial charge in [-0.25, -0.2) is 19.6 Å². The topological polar surface area (TPSA) is 58.9 Å². The van der Waals surface area contributed by atoms with Crippen molar-refractivity contribution in [2.24, 2.45) is 15.9 Å². The lowest BCUT2D eigenvalue weighted by Crippen LogP contribution is -2.05. The molecule has 0 rings (SSSR count). The van der Waals surface area contributed by atoms with Gasteiger partial charge in [0.05, 0.1) is 13.1 Å². The summed E-state index contributed by atoms with van der Waals surface area (Å²) in [5, 5.41) is 0. The Bertz CT molecular complexity index is 254. The maximum absolute atomic E-state index is 10.1. The second-order valence-electron chi connectivity index (χ2n) is 3.91. The summed E-state index contributed by atoms with van der Waals surface area (Å²) >= 11 is 0. The smallest absolute Gasteiger partial charge is 0.211 e. The van der Waals surface area contributed by atoms with Gasteiger partial charge in [0.1, 0.15) is 0 Å². The van der Waals surface area contributed by atoms with E-state index in [9.17, 15) is 9.59 Å². The first-order valence-electron chi connectivity index (χ1n) is 5.92. The van der Waals surface area contributed by atoms with Gasteiger partial charge in [-0.2, -0.15) is 0 Å². The minimum atomic E-state index is 0.426. The highest BCUT2D eigenvalue weighted by atomic mass is 16.1. The summed E-state index contributed by atoms with van der Waals surface area (Å²) in [5.41, 5.74) is 0. The highest BCUT2D eigenvalue weighted by molar-refractivity contribution is 5.33. The molecule has 0 saturated heterocycles. The molecule has 0 aromatic carbocycles. The largest absolute Gasteiger partial charge is 0.234 e. The van der Waals surface area contributed by atoms with Crippen LogP contribution in [0.15, 0.2) is 9.98 Å². The third-order valence-corrected chi connectivity index (χ3v) is 2.58. The van der Waals surface area contributed by atoms with Gasteiger partial charge in [-0.1, -0.05) is 26.2 Å². The molecule has 1 unspecified atom stereocenters. The fraction of sp³-hybridized carbons (Fsp3) is 0.833. The first kappa shape index (κ1) is 14.8. The third kappa shape index (κ3) is 9.32. The van der Waals surface area contributed by atoms with Crippen molar-refractivity contribution in [2.45, 2.75) is 45.4 Å². The van der Waals surface area contributed by atoms with E-state index in [-0.39, 0.29) is 0 Å². The zero-order valence-corrected chi connectivity index (χ0v) is 9.95. The molecule has 4 nitrogen and oxygen atoms in total. The molecule has 0 spiro atoms. The Balaban J connectivity index is 3.79. The lowest BCUT2D eigenvalue weighted by atomic mass is 9.96. The van der Waals surface area contributed by atoms with Crippen LogP contribution in [-0.4, -0.2) is 25.2 Å². The van der Waals surface area contributed by atoms with Crippen molar-refractivity contribution in [3.63, 3.8) is 0 Å². The molecule has 0 radical (unpaired) electrons. The number of rotatable bonds is 10. The molecule has 0 aromatic rings. The Morgan fingerprint density at radius 3 is 2.31 bits per heavy atom. The van der Waals surface area contributed by atoms with Crippen LogP contribution in [0.1, 0.15) is 45.4 Å². The van der Waals surface area contributed by atoms with Crippen molar-refractivity contribution in [3.8, 4) is 0 Å². The maximum Gasteiger partial charge on any atom is 0.234 e. The molecule has 0 aliphatic heterocycles. The lowest BCUT2D eigenvalue weighted by molar-refractivity contribution is 0.427. The van der Waals surface area contributed by atoms with Crippen LogP contribution in [-0.2, 0) is 9.59 Å². The average molecular weight is 224 g/mol. The molecular formula is C12H20N2O2. The van der Waals surface area contributed by atoms with Crippen LogP contribution in [0.5, 0.6) is 0 Å². The molecule has 16 heavy (non-hydrogen) atoms. The zero-order chi connectivity index (χ0) is 12.1. The maximum atomic E-state index is 10.1. The quantitative estimate of drug-likeness (QED) is 0.325. The van der Waals surface area contributed by atoms with Gasteiger partial charge in [0.2, 0.25) is 12.2 Å². The molecule has 0 saturated carbocycles. The normalized spacial score (nSPS) is 11.3.